The van der Waals surface area contributed by atoms with Crippen LogP contribution < -0.4 is 15.8 Å². The first-order chi connectivity index (χ1) is 14.0. The topological polar surface area (TPSA) is 33.1 Å². The molecule has 0 radical (unpaired) electrons. The van der Waals surface area contributed by atoms with E-state index in [2.05, 4.69) is 96.3 Å². The van der Waals surface area contributed by atoms with Crippen LogP contribution in [0.5, 0.6) is 0 Å². The third-order valence-corrected chi connectivity index (χ3v) is 5.78. The quantitative estimate of drug-likeness (QED) is 0.396. The normalized spacial score (nSPS) is 13.2. The van der Waals surface area contributed by atoms with Crippen molar-refractivity contribution in [3.05, 3.63) is 77.7 Å². The summed E-state index contributed by atoms with van der Waals surface area (Å²) in [6.07, 6.45) is 6.47. The van der Waals surface area contributed by atoms with Gasteiger partial charge in [0.1, 0.15) is 12.7 Å². The van der Waals surface area contributed by atoms with Gasteiger partial charge in [0.05, 0.1) is 0 Å². The fourth-order valence-electron chi connectivity index (χ4n) is 4.25. The molecule has 4 nitrogen and oxygen atoms in total. The number of furan rings is 1. The largest absolute Gasteiger partial charge is 0.449 e. The fourth-order valence-corrected chi connectivity index (χ4v) is 4.25. The Kier molecular flexibility index (Phi) is 4.05. The highest BCUT2D eigenvalue weighted by Crippen LogP contribution is 2.24. The maximum atomic E-state index is 6.30. The molecule has 0 unspecified atom stereocenters. The highest BCUT2D eigenvalue weighted by Gasteiger charge is 2.40. The van der Waals surface area contributed by atoms with Gasteiger partial charge in [0.25, 0.3) is 0 Å². The number of pyridine rings is 2. The third kappa shape index (κ3) is 2.85. The predicted octanol–water partition coefficient (Wildman–Crippen LogP) is 2.96. The molecule has 0 bridgehead atoms. The number of nitrogens with zero attached hydrogens (tertiary/aromatic N) is 3. The van der Waals surface area contributed by atoms with E-state index >= 15 is 0 Å². The summed E-state index contributed by atoms with van der Waals surface area (Å²) in [6.45, 7) is 4.17. The molecule has 5 heteroatoms. The molecule has 5 rings (SSSR count). The van der Waals surface area contributed by atoms with Crippen molar-refractivity contribution >= 4 is 35.3 Å². The number of hydrogen-bond acceptors (Lipinski definition) is 3. The minimum atomic E-state index is -0.00182. The van der Waals surface area contributed by atoms with Crippen LogP contribution in [0, 0.1) is 13.8 Å². The molecule has 1 aliphatic heterocycles. The van der Waals surface area contributed by atoms with Gasteiger partial charge in [0.15, 0.2) is 11.8 Å². The van der Waals surface area contributed by atoms with Crippen molar-refractivity contribution < 1.29 is 8.98 Å². The molecule has 0 saturated heterocycles. The van der Waals surface area contributed by atoms with Crippen molar-refractivity contribution in [1.29, 1.82) is 0 Å². The van der Waals surface area contributed by atoms with E-state index in [-0.39, 0.29) is 6.85 Å². The molecule has 0 aliphatic carbocycles. The van der Waals surface area contributed by atoms with Crippen molar-refractivity contribution in [2.45, 2.75) is 13.8 Å². The van der Waals surface area contributed by atoms with E-state index in [1.54, 1.807) is 0 Å². The van der Waals surface area contributed by atoms with Crippen LogP contribution in [0.15, 0.2) is 65.3 Å². The van der Waals surface area contributed by atoms with Crippen LogP contribution in [0.2, 0.25) is 0 Å². The number of hydrogen-bond donors (Lipinski definition) is 0. The van der Waals surface area contributed by atoms with Crippen LogP contribution in [0.3, 0.4) is 0 Å². The Balaban J connectivity index is 1.67. The molecule has 29 heavy (non-hydrogen) atoms. The SMILES string of the molecule is Cc1ccc2c3c(oc2n1)B(c1cc(C)c(-c2ccccc2)c[n+]1C)N(C)C=C3. The van der Waals surface area contributed by atoms with E-state index in [1.165, 1.54) is 22.3 Å². The Hall–Kier alpha value is -3.34. The molecule has 0 fully saturated rings. The van der Waals surface area contributed by atoms with Gasteiger partial charge in [0, 0.05) is 28.3 Å². The second kappa shape index (κ2) is 6.62. The molecule has 0 N–H and O–H groups in total. The van der Waals surface area contributed by atoms with Gasteiger partial charge in [0.2, 0.25) is 5.71 Å². The molecule has 4 aromatic rings. The van der Waals surface area contributed by atoms with Crippen LogP contribution in [0.25, 0.3) is 28.3 Å². The van der Waals surface area contributed by atoms with E-state index in [1.807, 2.05) is 13.0 Å². The molecular formula is C24H23BN3O+. The van der Waals surface area contributed by atoms with Crippen molar-refractivity contribution in [3.63, 3.8) is 0 Å². The fraction of sp³-hybridized carbons (Fsp3) is 0.167. The summed E-state index contributed by atoms with van der Waals surface area (Å²) in [7, 11) is 4.20. The van der Waals surface area contributed by atoms with Crippen LogP contribution in [0.4, 0.5) is 0 Å². The summed E-state index contributed by atoms with van der Waals surface area (Å²) in [4.78, 5) is 6.80. The number of benzene rings is 1. The first kappa shape index (κ1) is 17.7. The van der Waals surface area contributed by atoms with Gasteiger partial charge in [-0.15, -0.1) is 0 Å². The Bertz CT molecular complexity index is 1260. The van der Waals surface area contributed by atoms with Gasteiger partial charge < -0.3 is 9.23 Å². The van der Waals surface area contributed by atoms with Crippen molar-refractivity contribution in [2.24, 2.45) is 7.05 Å². The lowest BCUT2D eigenvalue weighted by molar-refractivity contribution is -0.653. The highest BCUT2D eigenvalue weighted by molar-refractivity contribution is 6.82. The summed E-state index contributed by atoms with van der Waals surface area (Å²) in [6, 6.07) is 16.9. The lowest BCUT2D eigenvalue weighted by atomic mass is 9.52. The molecule has 3 aromatic heterocycles. The molecule has 0 spiro atoms. The summed E-state index contributed by atoms with van der Waals surface area (Å²) in [5.41, 5.74) is 8.66. The number of fused-ring (bicyclic) bond motifs is 3. The Morgan fingerprint density at radius 2 is 1.86 bits per heavy atom. The zero-order valence-corrected chi connectivity index (χ0v) is 17.2. The van der Waals surface area contributed by atoms with E-state index in [9.17, 15) is 0 Å². The molecule has 1 aromatic carbocycles. The monoisotopic (exact) mass is 380 g/mol. The lowest BCUT2D eigenvalue weighted by Crippen LogP contribution is -2.65. The van der Waals surface area contributed by atoms with Crippen molar-refractivity contribution in [1.82, 2.24) is 9.79 Å². The van der Waals surface area contributed by atoms with Gasteiger partial charge in [-0.2, -0.15) is 0 Å². The smallest absolute Gasteiger partial charge is 0.443 e. The average molecular weight is 380 g/mol. The van der Waals surface area contributed by atoms with E-state index < -0.39 is 0 Å². The molecular weight excluding hydrogens is 357 g/mol. The van der Waals surface area contributed by atoms with Gasteiger partial charge in [-0.25, -0.2) is 9.55 Å². The second-order valence-electron chi connectivity index (χ2n) is 7.84. The zero-order valence-electron chi connectivity index (χ0n) is 17.2. The van der Waals surface area contributed by atoms with Crippen LogP contribution >= 0.6 is 0 Å². The maximum Gasteiger partial charge on any atom is 0.443 e. The lowest BCUT2D eigenvalue weighted by Gasteiger charge is -2.24. The van der Waals surface area contributed by atoms with E-state index in [4.69, 9.17) is 4.42 Å². The first-order valence-electron chi connectivity index (χ1n) is 9.88. The molecule has 4 heterocycles. The van der Waals surface area contributed by atoms with Crippen LogP contribution in [-0.2, 0) is 7.05 Å². The Labute approximate surface area is 171 Å². The zero-order chi connectivity index (χ0) is 20.1. The molecule has 0 amide bonds. The minimum Gasteiger partial charge on any atom is -0.449 e. The molecule has 0 saturated carbocycles. The van der Waals surface area contributed by atoms with E-state index in [0.717, 1.165) is 22.3 Å². The maximum absolute atomic E-state index is 6.30. The van der Waals surface area contributed by atoms with Crippen molar-refractivity contribution in [2.75, 3.05) is 7.05 Å². The van der Waals surface area contributed by atoms with E-state index in [0.29, 0.717) is 5.71 Å². The van der Waals surface area contributed by atoms with Gasteiger partial charge >= 0.3 is 6.85 Å². The van der Waals surface area contributed by atoms with Crippen LogP contribution in [0.1, 0.15) is 16.8 Å². The standard InChI is InChI=1S/C24H23BN3O/c1-16-14-22(27(3)15-21(16)18-8-6-5-7-9-18)25-23-19(12-13-28(25)4)20-11-10-17(2)26-24(20)29-23/h5-15H,1-4H3/q+1. The number of aryl methyl sites for hydroxylation is 3. The summed E-state index contributed by atoms with van der Waals surface area (Å²) in [5, 5.41) is 1.07. The number of aromatic nitrogens is 2. The van der Waals surface area contributed by atoms with Gasteiger partial charge in [-0.05, 0) is 56.4 Å². The second-order valence-corrected chi connectivity index (χ2v) is 7.84. The highest BCUT2D eigenvalue weighted by atomic mass is 16.3. The molecule has 0 atom stereocenters. The summed E-state index contributed by atoms with van der Waals surface area (Å²) >= 11 is 0. The minimum absolute atomic E-state index is 0.00182. The third-order valence-electron chi connectivity index (χ3n) is 5.78. The Morgan fingerprint density at radius 1 is 1.07 bits per heavy atom. The van der Waals surface area contributed by atoms with Crippen LogP contribution in [-0.4, -0.2) is 23.7 Å². The van der Waals surface area contributed by atoms with Crippen molar-refractivity contribution in [3.8, 4) is 11.1 Å². The van der Waals surface area contributed by atoms with Gasteiger partial charge in [-0.1, -0.05) is 30.3 Å². The number of rotatable bonds is 2. The predicted molar refractivity (Wildman–Crippen MR) is 118 cm³/mol. The average Bonchev–Trinajstić information content (AvgIpc) is 3.07. The summed E-state index contributed by atoms with van der Waals surface area (Å²) < 4.78 is 8.51. The first-order valence-corrected chi connectivity index (χ1v) is 9.88. The summed E-state index contributed by atoms with van der Waals surface area (Å²) in [5.74, 6) is 0. The molecule has 1 aliphatic rings. The molecule has 142 valence electrons. The van der Waals surface area contributed by atoms with Gasteiger partial charge in [-0.3, -0.25) is 0 Å². The Morgan fingerprint density at radius 3 is 2.66 bits per heavy atom.